The van der Waals surface area contributed by atoms with Gasteiger partial charge in [-0.2, -0.15) is 0 Å². The molecule has 1 aromatic heterocycles. The number of carbonyl (C=O) groups is 1. The van der Waals surface area contributed by atoms with Crippen LogP contribution in [0.5, 0.6) is 5.75 Å². The van der Waals surface area contributed by atoms with Crippen molar-refractivity contribution in [3.8, 4) is 11.4 Å². The summed E-state index contributed by atoms with van der Waals surface area (Å²) < 4.78 is 7.37. The quantitative estimate of drug-likeness (QED) is 0.315. The van der Waals surface area contributed by atoms with E-state index in [9.17, 15) is 14.9 Å². The Morgan fingerprint density at radius 3 is 2.62 bits per heavy atom. The van der Waals surface area contributed by atoms with Crippen LogP contribution in [-0.2, 0) is 4.79 Å². The Bertz CT molecular complexity index is 1050. The van der Waals surface area contributed by atoms with Crippen molar-refractivity contribution in [1.29, 1.82) is 0 Å². The first-order valence-electron chi connectivity index (χ1n) is 9.21. The highest BCUT2D eigenvalue weighted by Crippen LogP contribution is 2.33. The van der Waals surface area contributed by atoms with Crippen molar-refractivity contribution in [2.45, 2.75) is 19.0 Å². The van der Waals surface area contributed by atoms with Gasteiger partial charge in [-0.25, -0.2) is 4.98 Å². The molecule has 0 radical (unpaired) electrons. The van der Waals surface area contributed by atoms with Crippen LogP contribution in [-0.4, -0.2) is 51.2 Å². The molecule has 152 valence electrons. The molecule has 0 aliphatic rings. The topological polar surface area (TPSA) is 90.5 Å². The van der Waals surface area contributed by atoms with Crippen LogP contribution >= 0.6 is 11.8 Å². The molecule has 3 aromatic rings. The van der Waals surface area contributed by atoms with Gasteiger partial charge >= 0.3 is 0 Å². The molecule has 1 heterocycles. The molecule has 0 aliphatic carbocycles. The maximum atomic E-state index is 12.5. The summed E-state index contributed by atoms with van der Waals surface area (Å²) in [6, 6.07) is 12.0. The van der Waals surface area contributed by atoms with E-state index in [2.05, 4.69) is 4.98 Å². The van der Waals surface area contributed by atoms with Gasteiger partial charge in [0.15, 0.2) is 5.16 Å². The first-order chi connectivity index (χ1) is 14.0. The number of non-ortho nitro benzene ring substituents is 1. The van der Waals surface area contributed by atoms with Crippen LogP contribution in [0.3, 0.4) is 0 Å². The summed E-state index contributed by atoms with van der Waals surface area (Å²) >= 11 is 1.30. The summed E-state index contributed by atoms with van der Waals surface area (Å²) in [5.74, 6) is 0.883. The first-order valence-corrected chi connectivity index (χ1v) is 10.2. The molecule has 0 saturated carbocycles. The van der Waals surface area contributed by atoms with Crippen molar-refractivity contribution in [1.82, 2.24) is 14.5 Å². The summed E-state index contributed by atoms with van der Waals surface area (Å²) in [5, 5.41) is 11.7. The number of hydrogen-bond acceptors (Lipinski definition) is 6. The zero-order chi connectivity index (χ0) is 21.0. The van der Waals surface area contributed by atoms with Crippen molar-refractivity contribution in [2.24, 2.45) is 0 Å². The molecule has 0 saturated heterocycles. The molecule has 0 aliphatic heterocycles. The molecule has 3 rings (SSSR count). The lowest BCUT2D eigenvalue weighted by Gasteiger charge is -2.18. The second kappa shape index (κ2) is 8.95. The van der Waals surface area contributed by atoms with Crippen LogP contribution < -0.4 is 4.74 Å². The number of methoxy groups -OCH3 is 1. The Kier molecular flexibility index (Phi) is 6.38. The summed E-state index contributed by atoms with van der Waals surface area (Å²) in [6.45, 7) is 5.17. The molecule has 9 heteroatoms. The Morgan fingerprint density at radius 2 is 1.97 bits per heavy atom. The van der Waals surface area contributed by atoms with Gasteiger partial charge in [0.25, 0.3) is 5.69 Å². The fraction of sp³-hybridized carbons (Fsp3) is 0.300. The molecule has 8 nitrogen and oxygen atoms in total. The Hall–Kier alpha value is -3.07. The van der Waals surface area contributed by atoms with E-state index in [0.29, 0.717) is 35.0 Å². The number of nitro groups is 1. The highest BCUT2D eigenvalue weighted by atomic mass is 32.2. The molecule has 0 N–H and O–H groups in total. The van der Waals surface area contributed by atoms with Crippen molar-refractivity contribution < 1.29 is 14.5 Å². The zero-order valence-electron chi connectivity index (χ0n) is 16.5. The van der Waals surface area contributed by atoms with Crippen molar-refractivity contribution in [3.05, 3.63) is 52.6 Å². The number of ether oxygens (including phenoxy) is 1. The number of benzene rings is 2. The summed E-state index contributed by atoms with van der Waals surface area (Å²) in [7, 11) is 1.58. The normalized spacial score (nSPS) is 10.9. The summed E-state index contributed by atoms with van der Waals surface area (Å²) in [5.41, 5.74) is 1.92. The lowest BCUT2D eigenvalue weighted by atomic mass is 10.2. The summed E-state index contributed by atoms with van der Waals surface area (Å²) in [6.07, 6.45) is 0. The number of aromatic nitrogens is 2. The molecule has 0 bridgehead atoms. The van der Waals surface area contributed by atoms with Gasteiger partial charge < -0.3 is 9.64 Å². The van der Waals surface area contributed by atoms with Crippen molar-refractivity contribution in [3.63, 3.8) is 0 Å². The second-order valence-corrected chi connectivity index (χ2v) is 7.13. The number of nitro benzene ring substituents is 1. The zero-order valence-corrected chi connectivity index (χ0v) is 17.3. The predicted octanol–water partition coefficient (Wildman–Crippen LogP) is 3.90. The standard InChI is InChI=1S/C20H22N4O4S/c1-4-22(5-2)19(25)13-29-20-21-15-12-14(24(26)27)10-11-16(15)23(20)17-8-6-7-9-18(17)28-3/h6-12H,4-5,13H2,1-3H3. The van der Waals surface area contributed by atoms with Gasteiger partial charge in [-0.15, -0.1) is 0 Å². The number of imidazole rings is 1. The van der Waals surface area contributed by atoms with Gasteiger partial charge in [-0.05, 0) is 32.0 Å². The van der Waals surface area contributed by atoms with Gasteiger partial charge in [0.05, 0.1) is 34.5 Å². The Labute approximate surface area is 172 Å². The number of fused-ring (bicyclic) bond motifs is 1. The van der Waals surface area contributed by atoms with E-state index < -0.39 is 4.92 Å². The lowest BCUT2D eigenvalue weighted by molar-refractivity contribution is -0.384. The van der Waals surface area contributed by atoms with E-state index in [1.54, 1.807) is 18.1 Å². The minimum absolute atomic E-state index is 0.0182. The maximum Gasteiger partial charge on any atom is 0.271 e. The summed E-state index contributed by atoms with van der Waals surface area (Å²) in [4.78, 5) is 29.5. The lowest BCUT2D eigenvalue weighted by Crippen LogP contribution is -2.31. The van der Waals surface area contributed by atoms with Crippen LogP contribution in [0.1, 0.15) is 13.8 Å². The molecule has 2 aromatic carbocycles. The van der Waals surface area contributed by atoms with Crippen LogP contribution in [0.25, 0.3) is 16.7 Å². The van der Waals surface area contributed by atoms with E-state index in [1.807, 2.05) is 42.7 Å². The van der Waals surface area contributed by atoms with Crippen LogP contribution in [0.4, 0.5) is 5.69 Å². The third-order valence-electron chi connectivity index (χ3n) is 4.59. The molecule has 1 amide bonds. The van der Waals surface area contributed by atoms with Crippen molar-refractivity contribution >= 4 is 34.4 Å². The van der Waals surface area contributed by atoms with Gasteiger partial charge in [0.2, 0.25) is 5.91 Å². The maximum absolute atomic E-state index is 12.5. The minimum Gasteiger partial charge on any atom is -0.495 e. The fourth-order valence-electron chi connectivity index (χ4n) is 3.10. The molecular weight excluding hydrogens is 392 g/mol. The van der Waals surface area contributed by atoms with Crippen molar-refractivity contribution in [2.75, 3.05) is 26.0 Å². The van der Waals surface area contributed by atoms with Crippen LogP contribution in [0.2, 0.25) is 0 Å². The molecular formula is C20H22N4O4S. The van der Waals surface area contributed by atoms with Gasteiger partial charge in [-0.1, -0.05) is 23.9 Å². The van der Waals surface area contributed by atoms with E-state index in [4.69, 9.17) is 4.74 Å². The number of para-hydroxylation sites is 2. The van der Waals surface area contributed by atoms with E-state index in [-0.39, 0.29) is 17.3 Å². The molecule has 0 spiro atoms. The van der Waals surface area contributed by atoms with Crippen LogP contribution in [0.15, 0.2) is 47.6 Å². The highest BCUT2D eigenvalue weighted by Gasteiger charge is 2.20. The SMILES string of the molecule is CCN(CC)C(=O)CSc1nc2cc([N+](=O)[O-])ccc2n1-c1ccccc1OC. The Morgan fingerprint density at radius 1 is 1.24 bits per heavy atom. The fourth-order valence-corrected chi connectivity index (χ4v) is 4.02. The molecule has 0 fully saturated rings. The number of nitrogens with zero attached hydrogens (tertiary/aromatic N) is 4. The van der Waals surface area contributed by atoms with Gasteiger partial charge in [-0.3, -0.25) is 19.5 Å². The second-order valence-electron chi connectivity index (χ2n) is 6.19. The predicted molar refractivity (Wildman–Crippen MR) is 113 cm³/mol. The number of rotatable bonds is 8. The van der Waals surface area contributed by atoms with E-state index in [1.165, 1.54) is 23.9 Å². The molecule has 0 unspecified atom stereocenters. The number of hydrogen-bond donors (Lipinski definition) is 0. The van der Waals surface area contributed by atoms with E-state index >= 15 is 0 Å². The number of carbonyl (C=O) groups excluding carboxylic acids is 1. The highest BCUT2D eigenvalue weighted by molar-refractivity contribution is 7.99. The average Bonchev–Trinajstić information content (AvgIpc) is 3.10. The first kappa shape index (κ1) is 20.7. The number of amides is 1. The van der Waals surface area contributed by atoms with Crippen LogP contribution in [0, 0.1) is 10.1 Å². The molecule has 0 atom stereocenters. The Balaban J connectivity index is 2.09. The van der Waals surface area contributed by atoms with Gasteiger partial charge in [0.1, 0.15) is 5.75 Å². The smallest absolute Gasteiger partial charge is 0.271 e. The monoisotopic (exact) mass is 414 g/mol. The molecule has 29 heavy (non-hydrogen) atoms. The van der Waals surface area contributed by atoms with Gasteiger partial charge in [0, 0.05) is 25.2 Å². The van der Waals surface area contributed by atoms with E-state index in [0.717, 1.165) is 5.69 Å². The average molecular weight is 414 g/mol. The third kappa shape index (κ3) is 4.19. The largest absolute Gasteiger partial charge is 0.495 e. The third-order valence-corrected chi connectivity index (χ3v) is 5.51. The number of thioether (sulfide) groups is 1. The minimum atomic E-state index is -0.446.